The van der Waals surface area contributed by atoms with Crippen molar-refractivity contribution >= 4 is 23.5 Å². The molecule has 0 radical (unpaired) electrons. The second kappa shape index (κ2) is 9.48. The zero-order valence-electron chi connectivity index (χ0n) is 14.7. The number of nitrogens with zero attached hydrogens (tertiary/aromatic N) is 2. The van der Waals surface area contributed by atoms with Crippen LogP contribution in [0.15, 0.2) is 23.2 Å². The van der Waals surface area contributed by atoms with E-state index >= 15 is 0 Å². The van der Waals surface area contributed by atoms with E-state index in [-0.39, 0.29) is 5.91 Å². The van der Waals surface area contributed by atoms with E-state index in [1.807, 2.05) is 12.1 Å². The lowest BCUT2D eigenvalue weighted by Crippen LogP contribution is -2.49. The summed E-state index contributed by atoms with van der Waals surface area (Å²) in [6, 6.07) is 5.89. The Hall–Kier alpha value is -1.99. The number of rotatable bonds is 6. The third-order valence-corrected chi connectivity index (χ3v) is 4.46. The monoisotopic (exact) mass is 367 g/mol. The molecule has 1 heterocycles. The Morgan fingerprint density at radius 2 is 2.16 bits per heavy atom. The first-order valence-electron chi connectivity index (χ1n) is 8.32. The van der Waals surface area contributed by atoms with Gasteiger partial charge in [-0.2, -0.15) is 0 Å². The summed E-state index contributed by atoms with van der Waals surface area (Å²) >= 11 is 5.99. The van der Waals surface area contributed by atoms with Crippen molar-refractivity contribution in [2.24, 2.45) is 10.7 Å². The number of primary amides is 1. The van der Waals surface area contributed by atoms with Gasteiger partial charge in [-0.1, -0.05) is 17.7 Å². The maximum Gasteiger partial charge on any atom is 0.231 e. The van der Waals surface area contributed by atoms with Gasteiger partial charge in [0.1, 0.15) is 5.75 Å². The Morgan fingerprint density at radius 1 is 1.44 bits per heavy atom. The van der Waals surface area contributed by atoms with Gasteiger partial charge in [0, 0.05) is 43.3 Å². The number of methoxy groups -OCH3 is 1. The second-order valence-electron chi connectivity index (χ2n) is 6.04. The van der Waals surface area contributed by atoms with E-state index in [1.54, 1.807) is 20.2 Å². The number of halogens is 1. The van der Waals surface area contributed by atoms with Crippen LogP contribution in [0.5, 0.6) is 5.75 Å². The maximum atomic E-state index is 11.0. The number of amides is 1. The molecular formula is C17H26ClN5O2. The first-order chi connectivity index (χ1) is 12.0. The summed E-state index contributed by atoms with van der Waals surface area (Å²) in [6.45, 7) is 2.61. The molecular weight excluding hydrogens is 342 g/mol. The van der Waals surface area contributed by atoms with Gasteiger partial charge in [0.05, 0.1) is 13.7 Å². The molecule has 0 saturated carbocycles. The van der Waals surface area contributed by atoms with Gasteiger partial charge in [-0.25, -0.2) is 0 Å². The predicted molar refractivity (Wildman–Crippen MR) is 100.0 cm³/mol. The van der Waals surface area contributed by atoms with E-state index in [2.05, 4.69) is 20.5 Å². The number of guanidine groups is 1. The number of likely N-dealkylation sites (tertiary alicyclic amines) is 1. The molecule has 0 unspecified atom stereocenters. The number of carbonyl (C=O) groups is 1. The molecule has 2 rings (SSSR count). The molecule has 1 amide bonds. The van der Waals surface area contributed by atoms with Gasteiger partial charge in [0.2, 0.25) is 5.91 Å². The molecule has 1 aliphatic heterocycles. The third kappa shape index (κ3) is 6.10. The minimum Gasteiger partial charge on any atom is -0.496 e. The van der Waals surface area contributed by atoms with Crippen LogP contribution in [-0.4, -0.2) is 56.6 Å². The van der Waals surface area contributed by atoms with Crippen LogP contribution in [-0.2, 0) is 11.3 Å². The molecule has 25 heavy (non-hydrogen) atoms. The number of nitrogens with two attached hydrogens (primary N) is 1. The lowest BCUT2D eigenvalue weighted by Gasteiger charge is -2.32. The van der Waals surface area contributed by atoms with Gasteiger partial charge in [0.25, 0.3) is 0 Å². The van der Waals surface area contributed by atoms with Crippen LogP contribution in [0.4, 0.5) is 0 Å². The second-order valence-corrected chi connectivity index (χ2v) is 6.48. The third-order valence-electron chi connectivity index (χ3n) is 4.23. The highest BCUT2D eigenvalue weighted by Gasteiger charge is 2.20. The number of benzene rings is 1. The number of hydrogen-bond donors (Lipinski definition) is 3. The standard InChI is InChI=1S/C17H26ClN5O2/c1-20-17(21-10-12-3-4-13(18)9-15(12)25-2)22-14-5-7-23(8-6-14)11-16(19)24/h3-4,9,14H,5-8,10-11H2,1-2H3,(H2,19,24)(H2,20,21,22). The fourth-order valence-electron chi connectivity index (χ4n) is 2.89. The molecule has 1 saturated heterocycles. The van der Waals surface area contributed by atoms with Gasteiger partial charge >= 0.3 is 0 Å². The quantitative estimate of drug-likeness (QED) is 0.514. The Kier molecular flexibility index (Phi) is 7.33. The minimum absolute atomic E-state index is 0.277. The van der Waals surface area contributed by atoms with Crippen molar-refractivity contribution in [1.29, 1.82) is 0 Å². The van der Waals surface area contributed by atoms with Crippen molar-refractivity contribution < 1.29 is 9.53 Å². The number of carbonyl (C=O) groups excluding carboxylic acids is 1. The van der Waals surface area contributed by atoms with Crippen molar-refractivity contribution in [1.82, 2.24) is 15.5 Å². The first-order valence-corrected chi connectivity index (χ1v) is 8.70. The Balaban J connectivity index is 1.83. The van der Waals surface area contributed by atoms with Crippen LogP contribution < -0.4 is 21.1 Å². The van der Waals surface area contributed by atoms with Crippen molar-refractivity contribution in [3.8, 4) is 5.75 Å². The molecule has 8 heteroatoms. The zero-order valence-corrected chi connectivity index (χ0v) is 15.5. The highest BCUT2D eigenvalue weighted by Crippen LogP contribution is 2.22. The Bertz CT molecular complexity index is 615. The summed E-state index contributed by atoms with van der Waals surface area (Å²) in [6.07, 6.45) is 1.89. The Morgan fingerprint density at radius 3 is 2.76 bits per heavy atom. The predicted octanol–water partition coefficient (Wildman–Crippen LogP) is 0.963. The molecule has 0 aromatic heterocycles. The molecule has 1 aromatic rings. The molecule has 0 atom stereocenters. The summed E-state index contributed by atoms with van der Waals surface area (Å²) in [5.74, 6) is 1.21. The molecule has 1 fully saturated rings. The normalized spacial score (nSPS) is 16.5. The number of hydrogen-bond acceptors (Lipinski definition) is 4. The average molecular weight is 368 g/mol. The van der Waals surface area contributed by atoms with Crippen LogP contribution in [0, 0.1) is 0 Å². The van der Waals surface area contributed by atoms with Crippen LogP contribution in [0.1, 0.15) is 18.4 Å². The topological polar surface area (TPSA) is 92.0 Å². The van der Waals surface area contributed by atoms with E-state index in [0.29, 0.717) is 24.2 Å². The molecule has 138 valence electrons. The summed E-state index contributed by atoms with van der Waals surface area (Å²) < 4.78 is 5.36. The van der Waals surface area contributed by atoms with Gasteiger partial charge < -0.3 is 21.1 Å². The smallest absolute Gasteiger partial charge is 0.231 e. The zero-order chi connectivity index (χ0) is 18.2. The molecule has 7 nitrogen and oxygen atoms in total. The maximum absolute atomic E-state index is 11.0. The fraction of sp³-hybridized carbons (Fsp3) is 0.529. The molecule has 0 bridgehead atoms. The lowest BCUT2D eigenvalue weighted by molar-refractivity contribution is -0.119. The van der Waals surface area contributed by atoms with Crippen LogP contribution in [0.3, 0.4) is 0 Å². The highest BCUT2D eigenvalue weighted by molar-refractivity contribution is 6.30. The van der Waals surface area contributed by atoms with Crippen molar-refractivity contribution in [2.75, 3.05) is 33.8 Å². The molecule has 1 aromatic carbocycles. The molecule has 0 spiro atoms. The number of ether oxygens (including phenoxy) is 1. The van der Waals surface area contributed by atoms with E-state index in [4.69, 9.17) is 22.1 Å². The lowest BCUT2D eigenvalue weighted by atomic mass is 10.1. The van der Waals surface area contributed by atoms with Crippen LogP contribution in [0.2, 0.25) is 5.02 Å². The molecule has 4 N–H and O–H groups in total. The van der Waals surface area contributed by atoms with Gasteiger partial charge in [-0.3, -0.25) is 14.7 Å². The van der Waals surface area contributed by atoms with Crippen LogP contribution in [0.25, 0.3) is 0 Å². The SMILES string of the molecule is CN=C(NCc1ccc(Cl)cc1OC)NC1CCN(CC(N)=O)CC1. The van der Waals surface area contributed by atoms with Crippen molar-refractivity contribution in [2.45, 2.75) is 25.4 Å². The number of piperidine rings is 1. The van der Waals surface area contributed by atoms with Crippen molar-refractivity contribution in [3.05, 3.63) is 28.8 Å². The highest BCUT2D eigenvalue weighted by atomic mass is 35.5. The Labute approximate surface area is 153 Å². The van der Waals surface area contributed by atoms with Gasteiger partial charge in [-0.15, -0.1) is 0 Å². The number of nitrogens with one attached hydrogen (secondary N) is 2. The number of aliphatic imine (C=N–C) groups is 1. The minimum atomic E-state index is -0.277. The molecule has 1 aliphatic rings. The molecule has 0 aliphatic carbocycles. The summed E-state index contributed by atoms with van der Waals surface area (Å²) in [5.41, 5.74) is 6.25. The van der Waals surface area contributed by atoms with Gasteiger partial charge in [-0.05, 0) is 25.0 Å². The van der Waals surface area contributed by atoms with E-state index in [0.717, 1.165) is 43.2 Å². The summed E-state index contributed by atoms with van der Waals surface area (Å²) in [7, 11) is 3.37. The van der Waals surface area contributed by atoms with E-state index in [1.165, 1.54) is 0 Å². The fourth-order valence-corrected chi connectivity index (χ4v) is 3.05. The van der Waals surface area contributed by atoms with Gasteiger partial charge in [0.15, 0.2) is 5.96 Å². The first kappa shape index (κ1) is 19.3. The van der Waals surface area contributed by atoms with E-state index in [9.17, 15) is 4.79 Å². The summed E-state index contributed by atoms with van der Waals surface area (Å²) in [4.78, 5) is 17.3. The van der Waals surface area contributed by atoms with Crippen molar-refractivity contribution in [3.63, 3.8) is 0 Å². The van der Waals surface area contributed by atoms with E-state index < -0.39 is 0 Å². The average Bonchev–Trinajstić information content (AvgIpc) is 2.60. The summed E-state index contributed by atoms with van der Waals surface area (Å²) in [5, 5.41) is 7.37. The van der Waals surface area contributed by atoms with Crippen LogP contribution >= 0.6 is 11.6 Å². The largest absolute Gasteiger partial charge is 0.496 e.